The summed E-state index contributed by atoms with van der Waals surface area (Å²) in [5.74, 6) is 0.957. The maximum Gasteiger partial charge on any atom is 0.101 e. The molecule has 0 unspecified atom stereocenters. The summed E-state index contributed by atoms with van der Waals surface area (Å²) in [6, 6.07) is 2.03. The molecule has 0 bridgehead atoms. The fourth-order valence-electron chi connectivity index (χ4n) is 1.17. The van der Waals surface area contributed by atoms with Gasteiger partial charge < -0.3 is 4.42 Å². The van der Waals surface area contributed by atoms with E-state index < -0.39 is 0 Å². The molecule has 1 aromatic heterocycles. The minimum atomic E-state index is 0.957. The monoisotopic (exact) mass is 176 g/mol. The fourth-order valence-corrected chi connectivity index (χ4v) is 1.17. The third-order valence-electron chi connectivity index (χ3n) is 2.02. The molecule has 0 atom stereocenters. The van der Waals surface area contributed by atoms with Crippen LogP contribution in [0.3, 0.4) is 0 Å². The summed E-state index contributed by atoms with van der Waals surface area (Å²) in [6.07, 6.45) is 9.18. The van der Waals surface area contributed by atoms with Gasteiger partial charge in [-0.05, 0) is 26.3 Å². The van der Waals surface area contributed by atoms with E-state index >= 15 is 0 Å². The molecule has 0 saturated carbocycles. The van der Waals surface area contributed by atoms with Crippen LogP contribution in [0.2, 0.25) is 0 Å². The highest BCUT2D eigenvalue weighted by atomic mass is 16.3. The molecular weight excluding hydrogens is 160 g/mol. The van der Waals surface area contributed by atoms with Crippen molar-refractivity contribution in [1.82, 2.24) is 0 Å². The van der Waals surface area contributed by atoms with Gasteiger partial charge in [0.15, 0.2) is 0 Å². The van der Waals surface area contributed by atoms with E-state index in [2.05, 4.69) is 32.1 Å². The van der Waals surface area contributed by atoms with Crippen LogP contribution in [0.4, 0.5) is 0 Å². The van der Waals surface area contributed by atoms with Crippen LogP contribution in [0, 0.1) is 6.92 Å². The van der Waals surface area contributed by atoms with Gasteiger partial charge in [-0.15, -0.1) is 0 Å². The van der Waals surface area contributed by atoms with Gasteiger partial charge in [0.2, 0.25) is 0 Å². The molecule has 0 aliphatic rings. The molecule has 0 N–H and O–H groups in total. The van der Waals surface area contributed by atoms with E-state index in [-0.39, 0.29) is 0 Å². The smallest absolute Gasteiger partial charge is 0.101 e. The van der Waals surface area contributed by atoms with E-state index in [1.165, 1.54) is 5.57 Å². The minimum absolute atomic E-state index is 0.957. The lowest BCUT2D eigenvalue weighted by atomic mass is 10.1. The summed E-state index contributed by atoms with van der Waals surface area (Å²) >= 11 is 0. The molecule has 0 aliphatic carbocycles. The van der Waals surface area contributed by atoms with E-state index in [4.69, 9.17) is 4.42 Å². The summed E-state index contributed by atoms with van der Waals surface area (Å²) in [4.78, 5) is 0. The standard InChI is InChI=1S/C12H16O/c1-4-11(5-2)6-7-12-8-10(3)13-9-12/h4,6-9H,5H2,1-3H3/b7-6-,11-4-. The van der Waals surface area contributed by atoms with Crippen LogP contribution in [0.25, 0.3) is 6.08 Å². The first-order chi connectivity index (χ1) is 6.26. The van der Waals surface area contributed by atoms with Crippen molar-refractivity contribution in [2.24, 2.45) is 0 Å². The van der Waals surface area contributed by atoms with Crippen molar-refractivity contribution in [3.63, 3.8) is 0 Å². The van der Waals surface area contributed by atoms with Gasteiger partial charge in [-0.3, -0.25) is 0 Å². The van der Waals surface area contributed by atoms with Crippen molar-refractivity contribution in [3.05, 3.63) is 41.4 Å². The van der Waals surface area contributed by atoms with Gasteiger partial charge in [-0.2, -0.15) is 0 Å². The number of aryl methyl sites for hydroxylation is 1. The molecule has 0 aliphatic heterocycles. The first kappa shape index (κ1) is 9.85. The highest BCUT2D eigenvalue weighted by Crippen LogP contribution is 2.10. The molecule has 1 heteroatoms. The van der Waals surface area contributed by atoms with Crippen LogP contribution in [0.1, 0.15) is 31.6 Å². The second kappa shape index (κ2) is 4.70. The summed E-state index contributed by atoms with van der Waals surface area (Å²) in [5, 5.41) is 0. The quantitative estimate of drug-likeness (QED) is 0.635. The number of hydrogen-bond acceptors (Lipinski definition) is 1. The SMILES string of the molecule is C/C=C(\C=C/c1coc(C)c1)CC. The van der Waals surface area contributed by atoms with Crippen LogP contribution >= 0.6 is 0 Å². The predicted octanol–water partition coefficient (Wildman–Crippen LogP) is 3.96. The molecule has 1 heterocycles. The molecule has 0 amide bonds. The van der Waals surface area contributed by atoms with Crippen LogP contribution in [0.5, 0.6) is 0 Å². The third-order valence-corrected chi connectivity index (χ3v) is 2.02. The third kappa shape index (κ3) is 2.94. The van der Waals surface area contributed by atoms with Gasteiger partial charge in [0.25, 0.3) is 0 Å². The number of allylic oxidation sites excluding steroid dienone is 3. The summed E-state index contributed by atoms with van der Waals surface area (Å²) in [6.45, 7) is 6.16. The van der Waals surface area contributed by atoms with Crippen LogP contribution in [-0.2, 0) is 0 Å². The topological polar surface area (TPSA) is 13.1 Å². The van der Waals surface area contributed by atoms with Crippen molar-refractivity contribution < 1.29 is 4.42 Å². The molecule has 70 valence electrons. The van der Waals surface area contributed by atoms with Crippen molar-refractivity contribution in [2.75, 3.05) is 0 Å². The van der Waals surface area contributed by atoms with Gasteiger partial charge >= 0.3 is 0 Å². The maximum absolute atomic E-state index is 5.19. The van der Waals surface area contributed by atoms with Gasteiger partial charge in [-0.1, -0.05) is 30.7 Å². The van der Waals surface area contributed by atoms with E-state index in [0.29, 0.717) is 0 Å². The minimum Gasteiger partial charge on any atom is -0.469 e. The Morgan fingerprint density at radius 3 is 2.77 bits per heavy atom. The number of hydrogen-bond donors (Lipinski definition) is 0. The normalized spacial score (nSPS) is 12.7. The fraction of sp³-hybridized carbons (Fsp3) is 0.333. The molecular formula is C12H16O. The maximum atomic E-state index is 5.19. The van der Waals surface area contributed by atoms with E-state index in [1.54, 1.807) is 6.26 Å². The number of furan rings is 1. The largest absolute Gasteiger partial charge is 0.469 e. The predicted molar refractivity (Wildman–Crippen MR) is 56.5 cm³/mol. The molecule has 0 aromatic carbocycles. The Kier molecular flexibility index (Phi) is 3.56. The Morgan fingerprint density at radius 2 is 2.31 bits per heavy atom. The van der Waals surface area contributed by atoms with Crippen molar-refractivity contribution in [3.8, 4) is 0 Å². The highest BCUT2D eigenvalue weighted by Gasteiger charge is 1.92. The van der Waals surface area contributed by atoms with E-state index in [0.717, 1.165) is 17.7 Å². The summed E-state index contributed by atoms with van der Waals surface area (Å²) in [5.41, 5.74) is 2.48. The van der Waals surface area contributed by atoms with Gasteiger partial charge in [0, 0.05) is 5.56 Å². The first-order valence-corrected chi connectivity index (χ1v) is 4.64. The second-order valence-corrected chi connectivity index (χ2v) is 3.04. The van der Waals surface area contributed by atoms with Crippen molar-refractivity contribution >= 4 is 6.08 Å². The molecule has 0 saturated heterocycles. The molecule has 1 rings (SSSR count). The van der Waals surface area contributed by atoms with Crippen LogP contribution in [-0.4, -0.2) is 0 Å². The van der Waals surface area contributed by atoms with Gasteiger partial charge in [0.1, 0.15) is 5.76 Å². The Labute approximate surface area is 79.8 Å². The summed E-state index contributed by atoms with van der Waals surface area (Å²) < 4.78 is 5.19. The zero-order valence-electron chi connectivity index (χ0n) is 8.50. The lowest BCUT2D eigenvalue weighted by Gasteiger charge is -1.92. The molecule has 1 nitrogen and oxygen atoms in total. The van der Waals surface area contributed by atoms with E-state index in [1.807, 2.05) is 13.0 Å². The van der Waals surface area contributed by atoms with Gasteiger partial charge in [0.05, 0.1) is 6.26 Å². The average Bonchev–Trinajstić information content (AvgIpc) is 2.53. The zero-order chi connectivity index (χ0) is 9.68. The molecule has 0 radical (unpaired) electrons. The molecule has 0 spiro atoms. The lowest BCUT2D eigenvalue weighted by Crippen LogP contribution is -1.71. The molecule has 0 fully saturated rings. The Bertz CT molecular complexity index is 316. The number of rotatable bonds is 3. The molecule has 13 heavy (non-hydrogen) atoms. The highest BCUT2D eigenvalue weighted by molar-refractivity contribution is 5.51. The summed E-state index contributed by atoms with van der Waals surface area (Å²) in [7, 11) is 0. The Balaban J connectivity index is 2.68. The average molecular weight is 176 g/mol. The van der Waals surface area contributed by atoms with Gasteiger partial charge in [-0.25, -0.2) is 0 Å². The Hall–Kier alpha value is -1.24. The van der Waals surface area contributed by atoms with Crippen LogP contribution < -0.4 is 0 Å². The van der Waals surface area contributed by atoms with Crippen LogP contribution in [0.15, 0.2) is 34.5 Å². The lowest BCUT2D eigenvalue weighted by molar-refractivity contribution is 0.534. The van der Waals surface area contributed by atoms with Crippen molar-refractivity contribution in [1.29, 1.82) is 0 Å². The van der Waals surface area contributed by atoms with E-state index in [9.17, 15) is 0 Å². The first-order valence-electron chi connectivity index (χ1n) is 4.64. The Morgan fingerprint density at radius 1 is 1.54 bits per heavy atom. The second-order valence-electron chi connectivity index (χ2n) is 3.04. The van der Waals surface area contributed by atoms with Crippen molar-refractivity contribution in [2.45, 2.75) is 27.2 Å². The zero-order valence-corrected chi connectivity index (χ0v) is 8.50. The molecule has 1 aromatic rings.